The van der Waals surface area contributed by atoms with Gasteiger partial charge in [-0.05, 0) is 26.2 Å². The molecular weight excluding hydrogens is 840 g/mol. The van der Waals surface area contributed by atoms with Gasteiger partial charge in [-0.15, -0.1) is 0 Å². The van der Waals surface area contributed by atoms with E-state index in [2.05, 4.69) is 14.2 Å². The van der Waals surface area contributed by atoms with Crippen LogP contribution in [0.4, 0.5) is 0 Å². The number of ether oxygens (including phenoxy) is 5. The number of carboxylic acid groups (broad SMARTS) is 5. The van der Waals surface area contributed by atoms with Crippen LogP contribution in [0.2, 0.25) is 0 Å². The van der Waals surface area contributed by atoms with E-state index >= 15 is 0 Å². The summed E-state index contributed by atoms with van der Waals surface area (Å²) < 4.78 is 22.9. The van der Waals surface area contributed by atoms with Crippen LogP contribution in [0.3, 0.4) is 0 Å². The highest BCUT2D eigenvalue weighted by atomic mass is 16.6. The Labute approximate surface area is 341 Å². The van der Waals surface area contributed by atoms with Gasteiger partial charge in [-0.2, -0.15) is 0 Å². The summed E-state index contributed by atoms with van der Waals surface area (Å²) in [6.07, 6.45) is -17.4. The maximum absolute atomic E-state index is 13.1. The lowest BCUT2D eigenvalue weighted by Crippen LogP contribution is -2.44. The molecule has 0 aromatic rings. The molecule has 0 bridgehead atoms. The van der Waals surface area contributed by atoms with Gasteiger partial charge in [0.1, 0.15) is 18.1 Å². The highest BCUT2D eigenvalue weighted by Gasteiger charge is 2.45. The fraction of sp³-hybridized carbons (Fsp3) is 0.588. The fourth-order valence-electron chi connectivity index (χ4n) is 4.60. The van der Waals surface area contributed by atoms with Crippen LogP contribution in [0.15, 0.2) is 0 Å². The highest BCUT2D eigenvalue weighted by Crippen LogP contribution is 2.22. The molecule has 0 aliphatic carbocycles. The van der Waals surface area contributed by atoms with Crippen LogP contribution >= 0.6 is 0 Å². The second-order valence-electron chi connectivity index (χ2n) is 13.0. The number of aliphatic hydroxyl groups is 3. The monoisotopic (exact) mass is 882 g/mol. The van der Waals surface area contributed by atoms with Gasteiger partial charge >= 0.3 is 77.6 Å². The zero-order valence-corrected chi connectivity index (χ0v) is 32.1. The molecule has 0 heterocycles. The maximum atomic E-state index is 13.1. The van der Waals surface area contributed by atoms with Gasteiger partial charge < -0.3 is 64.5 Å². The van der Waals surface area contributed by atoms with Gasteiger partial charge in [-0.1, -0.05) is 6.92 Å². The van der Waals surface area contributed by atoms with Crippen molar-refractivity contribution < 1.29 is 132 Å². The smallest absolute Gasteiger partial charge is 0.355 e. The number of aliphatic hydroxyl groups excluding tert-OH is 1. The lowest BCUT2D eigenvalue weighted by molar-refractivity contribution is -0.179. The van der Waals surface area contributed by atoms with Gasteiger partial charge in [-0.3, -0.25) is 52.7 Å². The first kappa shape index (κ1) is 54.3. The molecule has 0 fully saturated rings. The number of hydrogen-bond donors (Lipinski definition) is 8. The number of hydrogen-bond acceptors (Lipinski definition) is 22. The van der Waals surface area contributed by atoms with Crippen LogP contribution in [0.1, 0.15) is 90.9 Å². The summed E-state index contributed by atoms with van der Waals surface area (Å²) in [4.78, 5) is 167. The van der Waals surface area contributed by atoms with Crippen LogP contribution < -0.4 is 0 Å². The minimum absolute atomic E-state index is 0.139. The number of esters is 8. The molecular formula is C34H42O27. The molecule has 0 aromatic heterocycles. The molecule has 0 rings (SSSR count). The molecule has 27 heteroatoms. The number of carboxylic acids is 5. The van der Waals surface area contributed by atoms with E-state index in [1.54, 1.807) is 0 Å². The van der Waals surface area contributed by atoms with E-state index in [0.717, 1.165) is 6.92 Å². The molecule has 340 valence electrons. The molecule has 0 saturated carbocycles. The van der Waals surface area contributed by atoms with Crippen molar-refractivity contribution >= 4 is 83.4 Å². The van der Waals surface area contributed by atoms with E-state index in [1.807, 2.05) is 0 Å². The molecule has 61 heavy (non-hydrogen) atoms. The Morgan fingerprint density at radius 1 is 0.525 bits per heavy atom. The summed E-state index contributed by atoms with van der Waals surface area (Å²) in [5.41, 5.74) is -6.71. The van der Waals surface area contributed by atoms with E-state index in [1.165, 1.54) is 6.92 Å². The first-order chi connectivity index (χ1) is 28.0. The molecule has 0 radical (unpaired) electrons. The van der Waals surface area contributed by atoms with Crippen LogP contribution in [0.5, 0.6) is 0 Å². The molecule has 8 N–H and O–H groups in total. The van der Waals surface area contributed by atoms with Crippen molar-refractivity contribution in [2.75, 3.05) is 0 Å². The average molecular weight is 883 g/mol. The van der Waals surface area contributed by atoms with Gasteiger partial charge in [0.15, 0.2) is 23.1 Å². The summed E-state index contributed by atoms with van der Waals surface area (Å²) in [6.45, 7) is 2.53. The summed E-state index contributed by atoms with van der Waals surface area (Å²) in [6, 6.07) is 0. The Morgan fingerprint density at radius 2 is 1.02 bits per heavy atom. The van der Waals surface area contributed by atoms with E-state index in [9.17, 15) is 82.4 Å². The van der Waals surface area contributed by atoms with E-state index < -0.39 is 177 Å². The number of aliphatic carboxylic acids is 5. The molecule has 0 aliphatic heterocycles. The van der Waals surface area contributed by atoms with Crippen molar-refractivity contribution in [1.82, 2.24) is 0 Å². The van der Waals surface area contributed by atoms with E-state index in [4.69, 9.17) is 35.0 Å². The third-order valence-electron chi connectivity index (χ3n) is 7.63. The van der Waals surface area contributed by atoms with Crippen molar-refractivity contribution in [2.24, 2.45) is 5.92 Å². The standard InChI is InChI=1S/C34H42O27/c1-3-18(30(50)60-22(42)6-4-5-19(36)37)58-24(44)9-15(2)57-23(43)8-7-17(35)28(48)16(29(49)61-27(47)14-34(56,32(53)54)12-21(40)41)10-25(45)59-26(46)13-33(55,31(51)52)11-20(38)39/h15-18,35,55-56H,3-14H2,1-2H3,(H,36,37)(H,38,39)(H,40,41)(H,51,52)(H,53,54). The van der Waals surface area contributed by atoms with Crippen molar-refractivity contribution in [3.8, 4) is 0 Å². The Balaban J connectivity index is 5.80. The van der Waals surface area contributed by atoms with Crippen LogP contribution in [-0.4, -0.2) is 154 Å². The number of ketones is 1. The van der Waals surface area contributed by atoms with Crippen molar-refractivity contribution in [3.63, 3.8) is 0 Å². The number of Topliss-reactive ketones (excluding diaryl/α,β-unsaturated/α-hetero) is 1. The molecule has 0 aliphatic rings. The number of carbonyl (C=O) groups excluding carboxylic acids is 9. The van der Waals surface area contributed by atoms with Gasteiger partial charge in [-0.25, -0.2) is 14.4 Å². The maximum Gasteiger partial charge on any atom is 0.355 e. The van der Waals surface area contributed by atoms with Crippen LogP contribution in [-0.2, 0) is 90.8 Å². The van der Waals surface area contributed by atoms with Crippen LogP contribution in [0.25, 0.3) is 0 Å². The quantitative estimate of drug-likeness (QED) is 0.0223. The third kappa shape index (κ3) is 20.7. The summed E-state index contributed by atoms with van der Waals surface area (Å²) in [5.74, 6) is -26.8. The van der Waals surface area contributed by atoms with E-state index in [0.29, 0.717) is 0 Å². The number of rotatable bonds is 28. The SMILES string of the molecule is CCC(OC(=O)CC(C)OC(=O)CCC(O)C(=O)C(CC(=O)OC(=O)CC(O)(CC(=O)O)C(=O)O)C(=O)OC(=O)CC(O)(CC(=O)O)C(=O)O)C(=O)OC(=O)CCCC(=O)O. The Kier molecular flexibility index (Phi) is 22.2. The fourth-order valence-corrected chi connectivity index (χ4v) is 4.60. The van der Waals surface area contributed by atoms with Gasteiger partial charge in [0, 0.05) is 19.3 Å². The number of carbonyl (C=O) groups is 14. The predicted octanol–water partition coefficient (Wildman–Crippen LogP) is -2.83. The lowest BCUT2D eigenvalue weighted by Gasteiger charge is -2.21. The summed E-state index contributed by atoms with van der Waals surface area (Å²) >= 11 is 0. The van der Waals surface area contributed by atoms with E-state index in [-0.39, 0.29) is 19.3 Å². The average Bonchev–Trinajstić information content (AvgIpc) is 3.09. The summed E-state index contributed by atoms with van der Waals surface area (Å²) in [7, 11) is 0. The van der Waals surface area contributed by atoms with Gasteiger partial charge in [0.2, 0.25) is 0 Å². The normalized spacial score (nSPS) is 14.7. The van der Waals surface area contributed by atoms with Crippen molar-refractivity contribution in [3.05, 3.63) is 0 Å². The zero-order valence-electron chi connectivity index (χ0n) is 32.1. The highest BCUT2D eigenvalue weighted by molar-refractivity contribution is 6.07. The third-order valence-corrected chi connectivity index (χ3v) is 7.63. The van der Waals surface area contributed by atoms with Gasteiger partial charge in [0.05, 0.1) is 38.5 Å². The Bertz CT molecular complexity index is 1750. The predicted molar refractivity (Wildman–Crippen MR) is 182 cm³/mol. The largest absolute Gasteiger partial charge is 0.481 e. The minimum Gasteiger partial charge on any atom is -0.481 e. The van der Waals surface area contributed by atoms with Crippen molar-refractivity contribution in [2.45, 2.75) is 120 Å². The zero-order chi connectivity index (χ0) is 47.4. The second kappa shape index (κ2) is 25.0. The lowest BCUT2D eigenvalue weighted by atomic mass is 9.93. The van der Waals surface area contributed by atoms with Gasteiger partial charge in [0.25, 0.3) is 0 Å². The first-order valence-electron chi connectivity index (χ1n) is 17.5. The molecule has 0 amide bonds. The second-order valence-corrected chi connectivity index (χ2v) is 13.0. The molecule has 27 nitrogen and oxygen atoms in total. The van der Waals surface area contributed by atoms with Crippen LogP contribution in [0, 0.1) is 5.92 Å². The minimum atomic E-state index is -3.38. The molecule has 0 aromatic carbocycles. The Morgan fingerprint density at radius 3 is 1.48 bits per heavy atom. The first-order valence-corrected chi connectivity index (χ1v) is 17.5. The molecule has 6 unspecified atom stereocenters. The molecule has 6 atom stereocenters. The summed E-state index contributed by atoms with van der Waals surface area (Å²) in [5, 5.41) is 75.1. The topological polar surface area (TPSA) is 447 Å². The Hall–Kier alpha value is -6.74. The molecule has 0 spiro atoms. The van der Waals surface area contributed by atoms with Crippen molar-refractivity contribution in [1.29, 1.82) is 0 Å². The molecule has 0 saturated heterocycles.